The Balaban J connectivity index is 0.000000271. The summed E-state index contributed by atoms with van der Waals surface area (Å²) in [5.74, 6) is 0.473. The Morgan fingerprint density at radius 3 is 1.78 bits per heavy atom. The molecule has 0 unspecified atom stereocenters. The zero-order valence-electron chi connectivity index (χ0n) is 16.0. The van der Waals surface area contributed by atoms with Gasteiger partial charge in [-0.3, -0.25) is 0 Å². The van der Waals surface area contributed by atoms with Gasteiger partial charge >= 0.3 is 0 Å². The van der Waals surface area contributed by atoms with Crippen molar-refractivity contribution in [3.63, 3.8) is 0 Å². The summed E-state index contributed by atoms with van der Waals surface area (Å²) in [5, 5.41) is 0. The molecule has 7 heteroatoms. The van der Waals surface area contributed by atoms with Crippen molar-refractivity contribution in [1.29, 1.82) is 0 Å². The lowest BCUT2D eigenvalue weighted by Crippen LogP contribution is -2.00. The van der Waals surface area contributed by atoms with Gasteiger partial charge in [-0.05, 0) is 67.9 Å². The molecule has 0 aromatic heterocycles. The summed E-state index contributed by atoms with van der Waals surface area (Å²) in [4.78, 5) is 0. The SMILES string of the molecule is CCOc1ccc(Br)c(F)c1OCC.CCOc1cccc(F)c1OCC. The Kier molecular flexibility index (Phi) is 10.6. The molecular formula is C20H25BrF2O4. The molecule has 0 radical (unpaired) electrons. The molecule has 0 aliphatic carbocycles. The fraction of sp³-hybridized carbons (Fsp3) is 0.400. The molecule has 0 saturated carbocycles. The third-order valence-electron chi connectivity index (χ3n) is 3.12. The van der Waals surface area contributed by atoms with Crippen molar-refractivity contribution in [2.24, 2.45) is 0 Å². The molecule has 2 aromatic carbocycles. The molecule has 2 aromatic rings. The number of para-hydroxylation sites is 1. The lowest BCUT2D eigenvalue weighted by Gasteiger charge is -2.11. The lowest BCUT2D eigenvalue weighted by molar-refractivity contribution is 0.275. The zero-order chi connectivity index (χ0) is 20.2. The molecule has 0 saturated heterocycles. The monoisotopic (exact) mass is 446 g/mol. The van der Waals surface area contributed by atoms with Crippen molar-refractivity contribution in [2.75, 3.05) is 26.4 Å². The van der Waals surface area contributed by atoms with E-state index in [0.29, 0.717) is 42.4 Å². The second-order valence-electron chi connectivity index (χ2n) is 4.99. The first kappa shape index (κ1) is 23.0. The van der Waals surface area contributed by atoms with Gasteiger partial charge in [0.05, 0.1) is 30.9 Å². The second kappa shape index (κ2) is 12.4. The quantitative estimate of drug-likeness (QED) is 0.497. The summed E-state index contributed by atoms with van der Waals surface area (Å²) in [6, 6.07) is 7.93. The van der Waals surface area contributed by atoms with E-state index < -0.39 is 5.82 Å². The van der Waals surface area contributed by atoms with E-state index >= 15 is 0 Å². The molecule has 0 aliphatic heterocycles. The van der Waals surface area contributed by atoms with Crippen LogP contribution in [0.3, 0.4) is 0 Å². The molecule has 0 aliphatic rings. The Bertz CT molecular complexity index is 711. The molecule has 4 nitrogen and oxygen atoms in total. The van der Waals surface area contributed by atoms with Crippen molar-refractivity contribution in [1.82, 2.24) is 0 Å². The van der Waals surface area contributed by atoms with Crippen LogP contribution in [-0.4, -0.2) is 26.4 Å². The van der Waals surface area contributed by atoms with Gasteiger partial charge in [-0.25, -0.2) is 8.78 Å². The molecule has 0 amide bonds. The van der Waals surface area contributed by atoms with Gasteiger partial charge in [-0.2, -0.15) is 0 Å². The molecule has 2 rings (SSSR count). The fourth-order valence-corrected chi connectivity index (χ4v) is 2.42. The smallest absolute Gasteiger partial charge is 0.198 e. The van der Waals surface area contributed by atoms with Gasteiger partial charge in [-0.1, -0.05) is 6.07 Å². The molecule has 0 N–H and O–H groups in total. The summed E-state index contributed by atoms with van der Waals surface area (Å²) in [5.41, 5.74) is 0. The minimum atomic E-state index is -0.419. The summed E-state index contributed by atoms with van der Waals surface area (Å²) < 4.78 is 47.8. The minimum absolute atomic E-state index is 0.170. The van der Waals surface area contributed by atoms with Gasteiger partial charge in [0.1, 0.15) is 0 Å². The first-order valence-corrected chi connectivity index (χ1v) is 9.56. The van der Waals surface area contributed by atoms with Crippen molar-refractivity contribution in [3.05, 3.63) is 46.4 Å². The number of hydrogen-bond acceptors (Lipinski definition) is 4. The lowest BCUT2D eigenvalue weighted by atomic mass is 10.3. The van der Waals surface area contributed by atoms with E-state index in [-0.39, 0.29) is 17.3 Å². The third kappa shape index (κ3) is 6.90. The highest BCUT2D eigenvalue weighted by molar-refractivity contribution is 9.10. The number of halogens is 3. The van der Waals surface area contributed by atoms with Crippen molar-refractivity contribution >= 4 is 15.9 Å². The molecule has 0 spiro atoms. The van der Waals surface area contributed by atoms with Gasteiger partial charge in [0.25, 0.3) is 0 Å². The fourth-order valence-electron chi connectivity index (χ4n) is 2.10. The van der Waals surface area contributed by atoms with Crippen LogP contribution in [-0.2, 0) is 0 Å². The van der Waals surface area contributed by atoms with E-state index in [2.05, 4.69) is 15.9 Å². The van der Waals surface area contributed by atoms with Crippen LogP contribution in [0.2, 0.25) is 0 Å². The topological polar surface area (TPSA) is 36.9 Å². The molecule has 0 atom stereocenters. The van der Waals surface area contributed by atoms with Crippen molar-refractivity contribution in [2.45, 2.75) is 27.7 Å². The largest absolute Gasteiger partial charge is 0.490 e. The van der Waals surface area contributed by atoms with Crippen LogP contribution < -0.4 is 18.9 Å². The molecule has 0 fully saturated rings. The van der Waals surface area contributed by atoms with E-state index in [1.165, 1.54) is 6.07 Å². The van der Waals surface area contributed by atoms with E-state index in [1.54, 1.807) is 31.2 Å². The Morgan fingerprint density at radius 2 is 1.22 bits per heavy atom. The van der Waals surface area contributed by atoms with Gasteiger partial charge in [0.15, 0.2) is 34.6 Å². The molecular weight excluding hydrogens is 422 g/mol. The number of benzene rings is 2. The Labute approximate surface area is 167 Å². The van der Waals surface area contributed by atoms with E-state index in [9.17, 15) is 8.78 Å². The normalized spacial score (nSPS) is 9.89. The predicted molar refractivity (Wildman–Crippen MR) is 105 cm³/mol. The highest BCUT2D eigenvalue weighted by Crippen LogP contribution is 2.34. The average Bonchev–Trinajstić information content (AvgIpc) is 2.65. The van der Waals surface area contributed by atoms with Crippen molar-refractivity contribution < 1.29 is 27.7 Å². The van der Waals surface area contributed by atoms with E-state index in [0.717, 1.165) is 0 Å². The van der Waals surface area contributed by atoms with Crippen molar-refractivity contribution in [3.8, 4) is 23.0 Å². The summed E-state index contributed by atoms with van der Waals surface area (Å²) in [6.45, 7) is 9.13. The van der Waals surface area contributed by atoms with Crippen LogP contribution in [0.4, 0.5) is 8.78 Å². The molecule has 0 bridgehead atoms. The Hall–Kier alpha value is -2.02. The third-order valence-corrected chi connectivity index (χ3v) is 3.73. The summed E-state index contributed by atoms with van der Waals surface area (Å²) in [7, 11) is 0. The van der Waals surface area contributed by atoms with E-state index in [4.69, 9.17) is 18.9 Å². The van der Waals surface area contributed by atoms with Gasteiger partial charge < -0.3 is 18.9 Å². The van der Waals surface area contributed by atoms with Crippen LogP contribution in [0.1, 0.15) is 27.7 Å². The van der Waals surface area contributed by atoms with Gasteiger partial charge in [0, 0.05) is 0 Å². The number of hydrogen-bond donors (Lipinski definition) is 0. The average molecular weight is 447 g/mol. The van der Waals surface area contributed by atoms with Gasteiger partial charge in [-0.15, -0.1) is 0 Å². The minimum Gasteiger partial charge on any atom is -0.490 e. The first-order valence-electron chi connectivity index (χ1n) is 8.77. The van der Waals surface area contributed by atoms with Crippen LogP contribution in [0.5, 0.6) is 23.0 Å². The van der Waals surface area contributed by atoms with Crippen LogP contribution in [0.25, 0.3) is 0 Å². The maximum atomic E-state index is 13.5. The maximum Gasteiger partial charge on any atom is 0.198 e. The van der Waals surface area contributed by atoms with Crippen LogP contribution >= 0.6 is 15.9 Å². The Morgan fingerprint density at radius 1 is 0.704 bits per heavy atom. The predicted octanol–water partition coefficient (Wildman–Crippen LogP) is 6.01. The summed E-state index contributed by atoms with van der Waals surface area (Å²) >= 11 is 3.09. The first-order chi connectivity index (χ1) is 13.0. The molecule has 150 valence electrons. The summed E-state index contributed by atoms with van der Waals surface area (Å²) in [6.07, 6.45) is 0. The van der Waals surface area contributed by atoms with E-state index in [1.807, 2.05) is 20.8 Å². The second-order valence-corrected chi connectivity index (χ2v) is 5.84. The standard InChI is InChI=1S/C10H12BrFO2.C10H13FO2/c1-3-13-8-6-5-7(11)9(12)10(8)14-4-2;1-3-12-9-7-5-6-8(11)10(9)13-4-2/h5-6H,3-4H2,1-2H3;5-7H,3-4H2,1-2H3. The maximum absolute atomic E-state index is 13.5. The van der Waals surface area contributed by atoms with Crippen LogP contribution in [0.15, 0.2) is 34.8 Å². The zero-order valence-corrected chi connectivity index (χ0v) is 17.6. The highest BCUT2D eigenvalue weighted by Gasteiger charge is 2.14. The van der Waals surface area contributed by atoms with Gasteiger partial charge in [0.2, 0.25) is 0 Å². The highest BCUT2D eigenvalue weighted by atomic mass is 79.9. The number of ether oxygens (including phenoxy) is 4. The number of rotatable bonds is 8. The molecule has 27 heavy (non-hydrogen) atoms. The van der Waals surface area contributed by atoms with Crippen LogP contribution in [0, 0.1) is 11.6 Å². The molecule has 0 heterocycles.